The standard InChI is InChI=1S/C19H24N6O2/c1-13-16(22-23-25(13)15-7-9-20-10-8-15)19(27)24-12-11-21-18(26)17(24)14-5-3-2-4-6-14/h2-6,15,17,20H,7-12H2,1H3,(H,21,26). The Kier molecular flexibility index (Phi) is 4.89. The van der Waals surface area contributed by atoms with Crippen molar-refractivity contribution in [3.63, 3.8) is 0 Å². The Labute approximate surface area is 157 Å². The molecule has 8 nitrogen and oxygen atoms in total. The average molecular weight is 368 g/mol. The molecule has 4 rings (SSSR count). The summed E-state index contributed by atoms with van der Waals surface area (Å²) >= 11 is 0. The van der Waals surface area contributed by atoms with Crippen molar-refractivity contribution < 1.29 is 9.59 Å². The third kappa shape index (κ3) is 3.32. The average Bonchev–Trinajstić information content (AvgIpc) is 3.10. The number of piperidine rings is 1. The lowest BCUT2D eigenvalue weighted by atomic mass is 10.0. The van der Waals surface area contributed by atoms with Crippen molar-refractivity contribution in [2.75, 3.05) is 26.2 Å². The largest absolute Gasteiger partial charge is 0.352 e. The second-order valence-corrected chi connectivity index (χ2v) is 7.05. The minimum atomic E-state index is -0.643. The van der Waals surface area contributed by atoms with Crippen LogP contribution in [0.4, 0.5) is 0 Å². The van der Waals surface area contributed by atoms with Crippen molar-refractivity contribution in [1.82, 2.24) is 30.5 Å². The Morgan fingerprint density at radius 3 is 2.63 bits per heavy atom. The Hall–Kier alpha value is -2.74. The molecular weight excluding hydrogens is 344 g/mol. The van der Waals surface area contributed by atoms with Crippen LogP contribution in [0.3, 0.4) is 0 Å². The number of carbonyl (C=O) groups excluding carboxylic acids is 2. The Balaban J connectivity index is 1.63. The van der Waals surface area contributed by atoms with Crippen LogP contribution < -0.4 is 10.6 Å². The number of nitrogens with one attached hydrogen (secondary N) is 2. The summed E-state index contributed by atoms with van der Waals surface area (Å²) in [4.78, 5) is 27.4. The van der Waals surface area contributed by atoms with Gasteiger partial charge in [0.05, 0.1) is 11.7 Å². The second-order valence-electron chi connectivity index (χ2n) is 7.05. The van der Waals surface area contributed by atoms with Gasteiger partial charge in [0.25, 0.3) is 5.91 Å². The van der Waals surface area contributed by atoms with Gasteiger partial charge >= 0.3 is 0 Å². The van der Waals surface area contributed by atoms with Crippen molar-refractivity contribution >= 4 is 11.8 Å². The van der Waals surface area contributed by atoms with E-state index >= 15 is 0 Å². The molecule has 2 amide bonds. The highest BCUT2D eigenvalue weighted by molar-refractivity contribution is 5.97. The van der Waals surface area contributed by atoms with Crippen molar-refractivity contribution in [3.05, 3.63) is 47.3 Å². The molecule has 0 spiro atoms. The minimum Gasteiger partial charge on any atom is -0.352 e. The lowest BCUT2D eigenvalue weighted by Gasteiger charge is -2.35. The number of piperazine rings is 1. The minimum absolute atomic E-state index is 0.163. The van der Waals surface area contributed by atoms with Crippen LogP contribution in [0.5, 0.6) is 0 Å². The van der Waals surface area contributed by atoms with E-state index in [9.17, 15) is 9.59 Å². The zero-order chi connectivity index (χ0) is 18.8. The number of nitrogens with zero attached hydrogens (tertiary/aromatic N) is 4. The smallest absolute Gasteiger partial charge is 0.277 e. The predicted octanol–water partition coefficient (Wildman–Crippen LogP) is 0.824. The highest BCUT2D eigenvalue weighted by Gasteiger charge is 2.37. The van der Waals surface area contributed by atoms with E-state index in [-0.39, 0.29) is 17.9 Å². The highest BCUT2D eigenvalue weighted by Crippen LogP contribution is 2.26. The number of benzene rings is 1. The lowest BCUT2D eigenvalue weighted by Crippen LogP contribution is -2.52. The fourth-order valence-corrected chi connectivity index (χ4v) is 3.92. The summed E-state index contributed by atoms with van der Waals surface area (Å²) in [6.07, 6.45) is 1.94. The maximum atomic E-state index is 13.3. The topological polar surface area (TPSA) is 92.2 Å². The molecular formula is C19H24N6O2. The maximum absolute atomic E-state index is 13.3. The Morgan fingerprint density at radius 1 is 1.15 bits per heavy atom. The van der Waals surface area contributed by atoms with Crippen LogP contribution in [0.1, 0.15) is 46.7 Å². The highest BCUT2D eigenvalue weighted by atomic mass is 16.2. The first-order valence-corrected chi connectivity index (χ1v) is 9.43. The molecule has 1 aromatic carbocycles. The molecule has 2 aliphatic heterocycles. The molecule has 1 aromatic heterocycles. The summed E-state index contributed by atoms with van der Waals surface area (Å²) in [7, 11) is 0. The third-order valence-electron chi connectivity index (χ3n) is 5.37. The number of aromatic nitrogens is 3. The van der Waals surface area contributed by atoms with Gasteiger partial charge in [-0.05, 0) is 38.4 Å². The van der Waals surface area contributed by atoms with Crippen LogP contribution in [-0.2, 0) is 4.79 Å². The van der Waals surface area contributed by atoms with E-state index < -0.39 is 6.04 Å². The van der Waals surface area contributed by atoms with Crippen LogP contribution in [0, 0.1) is 6.92 Å². The van der Waals surface area contributed by atoms with E-state index in [2.05, 4.69) is 20.9 Å². The molecule has 1 atom stereocenters. The summed E-state index contributed by atoms with van der Waals surface area (Å²) in [5.41, 5.74) is 1.90. The van der Waals surface area contributed by atoms with E-state index in [0.717, 1.165) is 37.2 Å². The number of rotatable bonds is 3. The van der Waals surface area contributed by atoms with Gasteiger partial charge in [0.1, 0.15) is 6.04 Å². The molecule has 1 unspecified atom stereocenters. The Morgan fingerprint density at radius 2 is 1.89 bits per heavy atom. The van der Waals surface area contributed by atoms with Gasteiger partial charge in [0.15, 0.2) is 5.69 Å². The molecule has 8 heteroatoms. The molecule has 142 valence electrons. The summed E-state index contributed by atoms with van der Waals surface area (Å²) in [6, 6.07) is 9.00. The SMILES string of the molecule is Cc1c(C(=O)N2CCNC(=O)C2c2ccccc2)nnn1C1CCNCC1. The molecule has 3 heterocycles. The molecule has 0 saturated carbocycles. The van der Waals surface area contributed by atoms with Crippen LogP contribution in [-0.4, -0.2) is 57.9 Å². The number of carbonyl (C=O) groups is 2. The number of amides is 2. The quantitative estimate of drug-likeness (QED) is 0.837. The van der Waals surface area contributed by atoms with Gasteiger partial charge in [-0.15, -0.1) is 5.10 Å². The molecule has 2 aliphatic rings. The first kappa shape index (κ1) is 17.7. The molecule has 0 aliphatic carbocycles. The normalized spacial score (nSPS) is 21.1. The van der Waals surface area contributed by atoms with Gasteiger partial charge in [-0.3, -0.25) is 9.59 Å². The zero-order valence-electron chi connectivity index (χ0n) is 15.4. The van der Waals surface area contributed by atoms with E-state index in [1.807, 2.05) is 41.9 Å². The molecule has 2 aromatic rings. The lowest BCUT2D eigenvalue weighted by molar-refractivity contribution is -0.128. The molecule has 2 saturated heterocycles. The van der Waals surface area contributed by atoms with Crippen LogP contribution in [0.2, 0.25) is 0 Å². The van der Waals surface area contributed by atoms with E-state index in [1.54, 1.807) is 4.90 Å². The van der Waals surface area contributed by atoms with Crippen LogP contribution >= 0.6 is 0 Å². The van der Waals surface area contributed by atoms with Gasteiger partial charge in [0.2, 0.25) is 5.91 Å². The van der Waals surface area contributed by atoms with Gasteiger partial charge in [-0.25, -0.2) is 4.68 Å². The molecule has 2 fully saturated rings. The zero-order valence-corrected chi connectivity index (χ0v) is 15.4. The monoisotopic (exact) mass is 368 g/mol. The summed E-state index contributed by atoms with van der Waals surface area (Å²) in [5, 5.41) is 14.6. The van der Waals surface area contributed by atoms with Gasteiger partial charge in [-0.2, -0.15) is 0 Å². The van der Waals surface area contributed by atoms with Gasteiger partial charge in [0, 0.05) is 13.1 Å². The van der Waals surface area contributed by atoms with E-state index in [1.165, 1.54) is 0 Å². The first-order valence-electron chi connectivity index (χ1n) is 9.43. The van der Waals surface area contributed by atoms with Crippen molar-refractivity contribution in [2.24, 2.45) is 0 Å². The van der Waals surface area contributed by atoms with Crippen molar-refractivity contribution in [3.8, 4) is 0 Å². The molecule has 0 bridgehead atoms. The molecule has 2 N–H and O–H groups in total. The van der Waals surface area contributed by atoms with Crippen molar-refractivity contribution in [2.45, 2.75) is 31.8 Å². The fourth-order valence-electron chi connectivity index (χ4n) is 3.92. The second kappa shape index (κ2) is 7.48. The number of hydrogen-bond acceptors (Lipinski definition) is 5. The third-order valence-corrected chi connectivity index (χ3v) is 5.37. The molecule has 27 heavy (non-hydrogen) atoms. The van der Waals surface area contributed by atoms with Gasteiger partial charge in [-0.1, -0.05) is 35.5 Å². The fraction of sp³-hybridized carbons (Fsp3) is 0.474. The van der Waals surface area contributed by atoms with Crippen LogP contribution in [0.15, 0.2) is 30.3 Å². The van der Waals surface area contributed by atoms with E-state index in [4.69, 9.17) is 0 Å². The van der Waals surface area contributed by atoms with Crippen molar-refractivity contribution in [1.29, 1.82) is 0 Å². The summed E-state index contributed by atoms with van der Waals surface area (Å²) in [6.45, 7) is 4.65. The first-order chi connectivity index (χ1) is 13.2. The summed E-state index contributed by atoms with van der Waals surface area (Å²) in [5.74, 6) is -0.402. The Bertz CT molecular complexity index is 828. The predicted molar refractivity (Wildman–Crippen MR) is 99.1 cm³/mol. The van der Waals surface area contributed by atoms with Crippen LogP contribution in [0.25, 0.3) is 0 Å². The number of hydrogen-bond donors (Lipinski definition) is 2. The summed E-state index contributed by atoms with van der Waals surface area (Å²) < 4.78 is 1.87. The van der Waals surface area contributed by atoms with Gasteiger partial charge < -0.3 is 15.5 Å². The molecule has 0 radical (unpaired) electrons. The maximum Gasteiger partial charge on any atom is 0.277 e. The van der Waals surface area contributed by atoms with E-state index in [0.29, 0.717) is 18.8 Å².